The van der Waals surface area contributed by atoms with E-state index in [0.29, 0.717) is 31.6 Å². The number of aliphatic hydroxyl groups is 1. The number of phosphoric ester groups is 2. The Hall–Kier alpha value is -1.94. The van der Waals surface area contributed by atoms with Crippen LogP contribution < -0.4 is 0 Å². The molecule has 5 atom stereocenters. The van der Waals surface area contributed by atoms with Crippen LogP contribution in [0.25, 0.3) is 0 Å². The molecule has 93 heavy (non-hydrogen) atoms. The summed E-state index contributed by atoms with van der Waals surface area (Å²) in [7, 11) is -9.91. The predicted octanol–water partition coefficient (Wildman–Crippen LogP) is 21.4. The number of aliphatic hydroxyl groups excluding tert-OH is 1. The van der Waals surface area contributed by atoms with Gasteiger partial charge in [-0.15, -0.1) is 0 Å². The standard InChI is InChI=1S/C74H144O17P2/c1-8-9-10-11-12-13-14-15-16-17-18-19-20-21-22-23-28-34-43-50-57-73(78)90-69(61-84-71(76)55-48-41-33-27-25-24-26-31-38-45-52-65(2)3)63-88-92(80,81)86-59-68(75)60-87-93(82,83)89-64-70(62-85-72(77)56-49-42-37-36-40-47-54-67(6)7)91-74(79)58-51-44-35-30-29-32-39-46-53-66(4)5/h65-70,75H,8-64H2,1-7H3,(H,80,81)(H,82,83)/t68-,69-,70-/m1/s1. The fourth-order valence-electron chi connectivity index (χ4n) is 11.2. The van der Waals surface area contributed by atoms with Crippen molar-refractivity contribution in [1.82, 2.24) is 0 Å². The molecule has 0 aromatic rings. The number of hydrogen-bond donors (Lipinski definition) is 3. The van der Waals surface area contributed by atoms with Crippen LogP contribution in [-0.4, -0.2) is 96.7 Å². The van der Waals surface area contributed by atoms with Gasteiger partial charge in [0.05, 0.1) is 26.4 Å². The molecule has 0 aliphatic rings. The quantitative estimate of drug-likeness (QED) is 0.0222. The van der Waals surface area contributed by atoms with Gasteiger partial charge in [0.2, 0.25) is 0 Å². The van der Waals surface area contributed by atoms with Gasteiger partial charge >= 0.3 is 39.5 Å². The van der Waals surface area contributed by atoms with Gasteiger partial charge in [-0.2, -0.15) is 0 Å². The number of carbonyl (C=O) groups is 4. The van der Waals surface area contributed by atoms with Crippen LogP contribution in [0, 0.1) is 17.8 Å². The molecule has 0 fully saturated rings. The third kappa shape index (κ3) is 68.4. The molecule has 0 aromatic heterocycles. The minimum atomic E-state index is -4.96. The molecule has 0 rings (SSSR count). The van der Waals surface area contributed by atoms with E-state index in [-0.39, 0.29) is 25.7 Å². The Morgan fingerprint density at radius 1 is 0.290 bits per heavy atom. The van der Waals surface area contributed by atoms with E-state index >= 15 is 0 Å². The zero-order chi connectivity index (χ0) is 68.7. The molecule has 0 spiro atoms. The van der Waals surface area contributed by atoms with Crippen molar-refractivity contribution in [1.29, 1.82) is 0 Å². The number of carbonyl (C=O) groups excluding carboxylic acids is 4. The summed E-state index contributed by atoms with van der Waals surface area (Å²) < 4.78 is 68.4. The van der Waals surface area contributed by atoms with Crippen LogP contribution in [0.4, 0.5) is 0 Å². The number of phosphoric acid groups is 2. The van der Waals surface area contributed by atoms with Crippen LogP contribution in [0.1, 0.15) is 376 Å². The van der Waals surface area contributed by atoms with Crippen molar-refractivity contribution in [3.05, 3.63) is 0 Å². The lowest BCUT2D eigenvalue weighted by Crippen LogP contribution is -2.30. The predicted molar refractivity (Wildman–Crippen MR) is 377 cm³/mol. The van der Waals surface area contributed by atoms with Gasteiger partial charge in [-0.3, -0.25) is 37.3 Å². The lowest BCUT2D eigenvalue weighted by Gasteiger charge is -2.21. The van der Waals surface area contributed by atoms with Crippen LogP contribution >= 0.6 is 15.6 Å². The SMILES string of the molecule is CCCCCCCCCCCCCCCCCCCCCCC(=O)O[C@H](COC(=O)CCCCCCCCCCCCC(C)C)COP(=O)(O)OC[C@@H](O)COP(=O)(O)OC[C@@H](COC(=O)CCCCCCCCC(C)C)OC(=O)CCCCCCCCCCC(C)C. The minimum absolute atomic E-state index is 0.103. The van der Waals surface area contributed by atoms with Gasteiger partial charge in [0.1, 0.15) is 19.3 Å². The first-order valence-corrected chi connectivity index (χ1v) is 41.3. The number of ether oxygens (including phenoxy) is 4. The van der Waals surface area contributed by atoms with Crippen molar-refractivity contribution in [2.45, 2.75) is 394 Å². The summed E-state index contributed by atoms with van der Waals surface area (Å²) in [6.45, 7) is 11.7. The molecule has 0 aliphatic carbocycles. The van der Waals surface area contributed by atoms with Crippen LogP contribution in [0.15, 0.2) is 0 Å². The summed E-state index contributed by atoms with van der Waals surface area (Å²) in [5.74, 6) is 0.0304. The molecule has 17 nitrogen and oxygen atoms in total. The molecule has 552 valence electrons. The van der Waals surface area contributed by atoms with Crippen LogP contribution in [0.5, 0.6) is 0 Å². The van der Waals surface area contributed by atoms with Gasteiger partial charge in [-0.05, 0) is 43.4 Å². The summed E-state index contributed by atoms with van der Waals surface area (Å²) >= 11 is 0. The highest BCUT2D eigenvalue weighted by Gasteiger charge is 2.30. The molecule has 19 heteroatoms. The monoisotopic (exact) mass is 1370 g/mol. The number of unbranched alkanes of at least 4 members (excludes halogenated alkanes) is 40. The van der Waals surface area contributed by atoms with Crippen molar-refractivity contribution in [2.75, 3.05) is 39.6 Å². The molecule has 0 amide bonds. The molecule has 2 unspecified atom stereocenters. The molecule has 0 radical (unpaired) electrons. The Morgan fingerprint density at radius 2 is 0.495 bits per heavy atom. The van der Waals surface area contributed by atoms with Crippen LogP contribution in [0.3, 0.4) is 0 Å². The Balaban J connectivity index is 5.20. The van der Waals surface area contributed by atoms with Gasteiger partial charge in [-0.25, -0.2) is 9.13 Å². The summed E-state index contributed by atoms with van der Waals surface area (Å²) in [5, 5.41) is 10.6. The molecule has 0 aliphatic heterocycles. The molecule has 0 bridgehead atoms. The van der Waals surface area contributed by atoms with Gasteiger partial charge in [0.15, 0.2) is 12.2 Å². The number of esters is 4. The first-order valence-electron chi connectivity index (χ1n) is 38.3. The van der Waals surface area contributed by atoms with Gasteiger partial charge < -0.3 is 33.8 Å². The lowest BCUT2D eigenvalue weighted by molar-refractivity contribution is -0.161. The average molecular weight is 1370 g/mol. The third-order valence-electron chi connectivity index (χ3n) is 17.1. The van der Waals surface area contributed by atoms with E-state index in [1.807, 2.05) is 0 Å². The van der Waals surface area contributed by atoms with Crippen LogP contribution in [-0.2, 0) is 65.4 Å². The second kappa shape index (κ2) is 64.7. The van der Waals surface area contributed by atoms with Crippen molar-refractivity contribution >= 4 is 39.5 Å². The number of hydrogen-bond acceptors (Lipinski definition) is 15. The van der Waals surface area contributed by atoms with Crippen molar-refractivity contribution in [2.24, 2.45) is 17.8 Å². The van der Waals surface area contributed by atoms with E-state index in [1.165, 1.54) is 180 Å². The van der Waals surface area contributed by atoms with E-state index in [9.17, 15) is 43.2 Å². The average Bonchev–Trinajstić information content (AvgIpc) is 1.62. The van der Waals surface area contributed by atoms with E-state index in [2.05, 4.69) is 48.5 Å². The van der Waals surface area contributed by atoms with Gasteiger partial charge in [-0.1, -0.05) is 325 Å². The molecule has 0 saturated heterocycles. The van der Waals surface area contributed by atoms with E-state index in [1.54, 1.807) is 0 Å². The van der Waals surface area contributed by atoms with Gasteiger partial charge in [0.25, 0.3) is 0 Å². The van der Waals surface area contributed by atoms with E-state index in [4.69, 9.17) is 37.0 Å². The Labute approximate surface area is 568 Å². The van der Waals surface area contributed by atoms with E-state index in [0.717, 1.165) is 108 Å². The first kappa shape index (κ1) is 91.1. The molecule has 0 saturated carbocycles. The van der Waals surface area contributed by atoms with Crippen molar-refractivity contribution in [3.8, 4) is 0 Å². The lowest BCUT2D eigenvalue weighted by atomic mass is 10.0. The fraction of sp³-hybridized carbons (Fsp3) is 0.946. The normalized spacial score (nSPS) is 14.1. The molecular formula is C74H144O17P2. The highest BCUT2D eigenvalue weighted by Crippen LogP contribution is 2.45. The van der Waals surface area contributed by atoms with Crippen molar-refractivity contribution < 1.29 is 80.2 Å². The van der Waals surface area contributed by atoms with Gasteiger partial charge in [0, 0.05) is 25.7 Å². The fourth-order valence-corrected chi connectivity index (χ4v) is 12.8. The molecule has 0 heterocycles. The number of rotatable bonds is 72. The Bertz CT molecular complexity index is 1820. The second-order valence-electron chi connectivity index (χ2n) is 28.1. The zero-order valence-electron chi connectivity index (χ0n) is 60.7. The topological polar surface area (TPSA) is 237 Å². The second-order valence-corrected chi connectivity index (χ2v) is 31.0. The summed E-state index contributed by atoms with van der Waals surface area (Å²) in [6.07, 6.45) is 50.3. The smallest absolute Gasteiger partial charge is 0.462 e. The maximum absolute atomic E-state index is 13.1. The Kier molecular flexibility index (Phi) is 63.4. The van der Waals surface area contributed by atoms with Crippen LogP contribution in [0.2, 0.25) is 0 Å². The molecule has 3 N–H and O–H groups in total. The maximum Gasteiger partial charge on any atom is 0.472 e. The van der Waals surface area contributed by atoms with Crippen molar-refractivity contribution in [3.63, 3.8) is 0 Å². The summed E-state index contributed by atoms with van der Waals surface area (Å²) in [4.78, 5) is 72.6. The largest absolute Gasteiger partial charge is 0.472 e. The highest BCUT2D eigenvalue weighted by molar-refractivity contribution is 7.47. The Morgan fingerprint density at radius 3 is 0.731 bits per heavy atom. The highest BCUT2D eigenvalue weighted by atomic mass is 31.2. The summed E-state index contributed by atoms with van der Waals surface area (Å²) in [6, 6.07) is 0. The first-order chi connectivity index (χ1) is 44.7. The molecular weight excluding hydrogens is 1220 g/mol. The molecule has 0 aromatic carbocycles. The third-order valence-corrected chi connectivity index (χ3v) is 19.0. The minimum Gasteiger partial charge on any atom is -0.462 e. The van der Waals surface area contributed by atoms with E-state index < -0.39 is 97.5 Å². The zero-order valence-corrected chi connectivity index (χ0v) is 62.5. The summed E-state index contributed by atoms with van der Waals surface area (Å²) in [5.41, 5.74) is 0. The maximum atomic E-state index is 13.1.